The Kier molecular flexibility index (Phi) is 4.76. The van der Waals surface area contributed by atoms with Crippen LogP contribution in [0.25, 0.3) is 0 Å². The van der Waals surface area contributed by atoms with Gasteiger partial charge in [-0.3, -0.25) is 9.48 Å². The fraction of sp³-hybridized carbons (Fsp3) is 0.267. The van der Waals surface area contributed by atoms with Crippen LogP contribution >= 0.6 is 15.9 Å². The van der Waals surface area contributed by atoms with E-state index >= 15 is 0 Å². The number of nitrogens with one attached hydrogen (secondary N) is 1. The topological polar surface area (TPSA) is 70.7 Å². The van der Waals surface area contributed by atoms with Gasteiger partial charge in [-0.2, -0.15) is 10.4 Å². The van der Waals surface area contributed by atoms with Gasteiger partial charge in [0.15, 0.2) is 0 Å². The van der Waals surface area contributed by atoms with Crippen LogP contribution in [0.1, 0.15) is 35.6 Å². The Hall–Kier alpha value is -2.13. The van der Waals surface area contributed by atoms with Crippen LogP contribution in [0.2, 0.25) is 0 Å². The van der Waals surface area contributed by atoms with E-state index < -0.39 is 0 Å². The third kappa shape index (κ3) is 3.31. The Labute approximate surface area is 131 Å². The largest absolute Gasteiger partial charge is 0.320 e. The van der Waals surface area contributed by atoms with Crippen LogP contribution in [0.5, 0.6) is 0 Å². The van der Waals surface area contributed by atoms with Gasteiger partial charge in [-0.25, -0.2) is 0 Å². The third-order valence-electron chi connectivity index (χ3n) is 3.07. The molecule has 0 bridgehead atoms. The molecule has 0 fully saturated rings. The Bertz CT molecular complexity index is 715. The van der Waals surface area contributed by atoms with Crippen LogP contribution < -0.4 is 5.32 Å². The lowest BCUT2D eigenvalue weighted by Gasteiger charge is -2.08. The molecule has 0 unspecified atom stereocenters. The number of rotatable bonds is 4. The second-order valence-corrected chi connectivity index (χ2v) is 5.31. The van der Waals surface area contributed by atoms with Gasteiger partial charge in [0.05, 0.1) is 23.0 Å². The van der Waals surface area contributed by atoms with Crippen molar-refractivity contribution >= 4 is 27.5 Å². The smallest absolute Gasteiger partial charge is 0.273 e. The van der Waals surface area contributed by atoms with Crippen LogP contribution in [-0.2, 0) is 13.0 Å². The van der Waals surface area contributed by atoms with E-state index in [1.54, 1.807) is 28.9 Å². The van der Waals surface area contributed by atoms with Gasteiger partial charge in [-0.05, 0) is 53.5 Å². The molecule has 0 aliphatic rings. The van der Waals surface area contributed by atoms with Crippen molar-refractivity contribution in [2.75, 3.05) is 5.32 Å². The number of carbonyl (C=O) groups excluding carboxylic acids is 1. The van der Waals surface area contributed by atoms with Gasteiger partial charge in [0.25, 0.3) is 5.91 Å². The highest BCUT2D eigenvalue weighted by Crippen LogP contribution is 2.24. The highest BCUT2D eigenvalue weighted by molar-refractivity contribution is 9.10. The van der Waals surface area contributed by atoms with E-state index in [0.717, 1.165) is 12.1 Å². The van der Waals surface area contributed by atoms with Gasteiger partial charge in [0.1, 0.15) is 5.69 Å². The van der Waals surface area contributed by atoms with Crippen LogP contribution in [0.4, 0.5) is 5.69 Å². The fourth-order valence-corrected chi connectivity index (χ4v) is 2.42. The summed E-state index contributed by atoms with van der Waals surface area (Å²) in [4.78, 5) is 12.4. The monoisotopic (exact) mass is 346 g/mol. The van der Waals surface area contributed by atoms with E-state index in [4.69, 9.17) is 5.26 Å². The number of nitrogens with zero attached hydrogens (tertiary/aromatic N) is 3. The molecule has 0 atom stereocenters. The van der Waals surface area contributed by atoms with E-state index in [1.807, 2.05) is 13.8 Å². The number of nitriles is 1. The Morgan fingerprint density at radius 1 is 1.43 bits per heavy atom. The molecule has 1 heterocycles. The molecule has 108 valence electrons. The SMILES string of the molecule is CCc1cc(C(=O)Nc2ccc(C#N)cc2Br)n(CC)n1. The Morgan fingerprint density at radius 3 is 2.76 bits per heavy atom. The number of aryl methyl sites for hydroxylation is 2. The van der Waals surface area contributed by atoms with Crippen molar-refractivity contribution in [3.8, 4) is 6.07 Å². The number of benzene rings is 1. The number of amides is 1. The van der Waals surface area contributed by atoms with Crippen molar-refractivity contribution < 1.29 is 4.79 Å². The zero-order chi connectivity index (χ0) is 15.4. The first-order valence-electron chi connectivity index (χ1n) is 6.66. The summed E-state index contributed by atoms with van der Waals surface area (Å²) in [7, 11) is 0. The molecular weight excluding hydrogens is 332 g/mol. The average molecular weight is 347 g/mol. The van der Waals surface area contributed by atoms with Crippen molar-refractivity contribution in [2.24, 2.45) is 0 Å². The summed E-state index contributed by atoms with van der Waals surface area (Å²) in [5, 5.41) is 16.0. The predicted octanol–water partition coefficient (Wildman–Crippen LogP) is 3.35. The van der Waals surface area contributed by atoms with Crippen LogP contribution in [0.3, 0.4) is 0 Å². The summed E-state index contributed by atoms with van der Waals surface area (Å²) in [6.07, 6.45) is 0.786. The normalized spacial score (nSPS) is 10.2. The number of halogens is 1. The predicted molar refractivity (Wildman–Crippen MR) is 84.1 cm³/mol. The van der Waals surface area contributed by atoms with E-state index in [2.05, 4.69) is 32.4 Å². The molecule has 6 heteroatoms. The quantitative estimate of drug-likeness (QED) is 0.922. The summed E-state index contributed by atoms with van der Waals surface area (Å²) in [5.74, 6) is -0.213. The van der Waals surface area contributed by atoms with Crippen molar-refractivity contribution in [1.29, 1.82) is 5.26 Å². The minimum absolute atomic E-state index is 0.213. The van der Waals surface area contributed by atoms with Crippen molar-refractivity contribution in [1.82, 2.24) is 9.78 Å². The van der Waals surface area contributed by atoms with Gasteiger partial charge >= 0.3 is 0 Å². The lowest BCUT2D eigenvalue weighted by molar-refractivity contribution is 0.101. The van der Waals surface area contributed by atoms with Crippen molar-refractivity contribution in [3.63, 3.8) is 0 Å². The third-order valence-corrected chi connectivity index (χ3v) is 3.73. The minimum Gasteiger partial charge on any atom is -0.320 e. The molecule has 21 heavy (non-hydrogen) atoms. The lowest BCUT2D eigenvalue weighted by Crippen LogP contribution is -2.17. The van der Waals surface area contributed by atoms with E-state index in [0.29, 0.717) is 28.0 Å². The van der Waals surface area contributed by atoms with Gasteiger partial charge in [-0.1, -0.05) is 6.92 Å². The Balaban J connectivity index is 2.26. The second kappa shape index (κ2) is 6.55. The maximum atomic E-state index is 12.4. The standard InChI is InChI=1S/C15H15BrN4O/c1-3-11-8-14(20(4-2)19-11)15(21)18-13-6-5-10(9-17)7-12(13)16/h5-8H,3-4H2,1-2H3,(H,18,21). The maximum absolute atomic E-state index is 12.4. The molecule has 1 aromatic carbocycles. The number of hydrogen-bond donors (Lipinski definition) is 1. The Morgan fingerprint density at radius 2 is 2.19 bits per heavy atom. The van der Waals surface area contributed by atoms with E-state index in [1.165, 1.54) is 0 Å². The maximum Gasteiger partial charge on any atom is 0.273 e. The van der Waals surface area contributed by atoms with Crippen molar-refractivity contribution in [2.45, 2.75) is 26.8 Å². The van der Waals surface area contributed by atoms with Gasteiger partial charge in [-0.15, -0.1) is 0 Å². The van der Waals surface area contributed by atoms with Crippen LogP contribution in [-0.4, -0.2) is 15.7 Å². The summed E-state index contributed by atoms with van der Waals surface area (Å²) < 4.78 is 2.36. The van der Waals surface area contributed by atoms with Gasteiger partial charge in [0, 0.05) is 11.0 Å². The molecular formula is C15H15BrN4O. The average Bonchev–Trinajstić information content (AvgIpc) is 2.92. The number of anilines is 1. The number of aromatic nitrogens is 2. The molecule has 0 aliphatic carbocycles. The molecule has 1 aromatic heterocycles. The summed E-state index contributed by atoms with van der Waals surface area (Å²) in [6, 6.07) is 8.89. The van der Waals surface area contributed by atoms with Crippen LogP contribution in [0.15, 0.2) is 28.7 Å². The molecule has 0 saturated carbocycles. The van der Waals surface area contributed by atoms with Crippen LogP contribution in [0, 0.1) is 11.3 Å². The molecule has 2 aromatic rings. The number of carbonyl (C=O) groups is 1. The second-order valence-electron chi connectivity index (χ2n) is 4.45. The molecule has 1 N–H and O–H groups in total. The first-order valence-corrected chi connectivity index (χ1v) is 7.46. The summed E-state index contributed by atoms with van der Waals surface area (Å²) in [5.41, 5.74) is 2.58. The highest BCUT2D eigenvalue weighted by Gasteiger charge is 2.15. The molecule has 0 spiro atoms. The minimum atomic E-state index is -0.213. The first-order chi connectivity index (χ1) is 10.1. The first kappa shape index (κ1) is 15.3. The molecule has 0 radical (unpaired) electrons. The highest BCUT2D eigenvalue weighted by atomic mass is 79.9. The summed E-state index contributed by atoms with van der Waals surface area (Å²) >= 11 is 3.36. The van der Waals surface area contributed by atoms with Gasteiger partial charge in [0.2, 0.25) is 0 Å². The number of hydrogen-bond acceptors (Lipinski definition) is 3. The van der Waals surface area contributed by atoms with Gasteiger partial charge < -0.3 is 5.32 Å². The zero-order valence-electron chi connectivity index (χ0n) is 11.9. The van der Waals surface area contributed by atoms with Crippen molar-refractivity contribution in [3.05, 3.63) is 45.7 Å². The van der Waals surface area contributed by atoms with E-state index in [9.17, 15) is 4.79 Å². The molecule has 0 aliphatic heterocycles. The molecule has 1 amide bonds. The van der Waals surface area contributed by atoms with E-state index in [-0.39, 0.29) is 5.91 Å². The zero-order valence-corrected chi connectivity index (χ0v) is 13.4. The lowest BCUT2D eigenvalue weighted by atomic mass is 10.2. The molecule has 2 rings (SSSR count). The summed E-state index contributed by atoms with van der Waals surface area (Å²) in [6.45, 7) is 4.58. The fourth-order valence-electron chi connectivity index (χ4n) is 1.94. The molecule has 0 saturated heterocycles. The molecule has 5 nitrogen and oxygen atoms in total.